The highest BCUT2D eigenvalue weighted by molar-refractivity contribution is 14.1. The molecule has 0 bridgehead atoms. The molecule has 4 rings (SSSR count). The molecule has 7 nitrogen and oxygen atoms in total. The van der Waals surface area contributed by atoms with Crippen LogP contribution in [0.25, 0.3) is 0 Å². The van der Waals surface area contributed by atoms with Crippen LogP contribution in [0, 0.1) is 21.3 Å². The Labute approximate surface area is 177 Å². The summed E-state index contributed by atoms with van der Waals surface area (Å²) in [4.78, 5) is 26.5. The Hall–Kier alpha value is -1.59. The van der Waals surface area contributed by atoms with Crippen molar-refractivity contribution in [2.24, 2.45) is 17.8 Å². The maximum atomic E-state index is 12.8. The van der Waals surface area contributed by atoms with E-state index in [0.717, 1.165) is 16.6 Å². The van der Waals surface area contributed by atoms with E-state index in [1.54, 1.807) is 12.1 Å². The fourth-order valence-electron chi connectivity index (χ4n) is 4.86. The molecule has 2 saturated heterocycles. The summed E-state index contributed by atoms with van der Waals surface area (Å²) in [5, 5.41) is 20.8. The summed E-state index contributed by atoms with van der Waals surface area (Å²) in [6, 6.07) is 3.47. The monoisotopic (exact) mass is 497 g/mol. The molecule has 2 amide bonds. The fourth-order valence-corrected chi connectivity index (χ4v) is 5.49. The molecule has 3 aliphatic rings. The molecule has 0 spiro atoms. The third kappa shape index (κ3) is 2.86. The third-order valence-corrected chi connectivity index (χ3v) is 7.04. The van der Waals surface area contributed by atoms with Crippen molar-refractivity contribution in [2.45, 2.75) is 25.9 Å². The maximum Gasteiger partial charge on any atom is 0.487 e. The van der Waals surface area contributed by atoms with Crippen molar-refractivity contribution in [2.75, 3.05) is 14.2 Å². The number of amides is 2. The average molecular weight is 497 g/mol. The number of aromatic hydroxyl groups is 1. The van der Waals surface area contributed by atoms with Gasteiger partial charge in [0.05, 0.1) is 28.6 Å². The minimum Gasteiger partial charge on any atom is -0.504 e. The molecular weight excluding hydrogens is 476 g/mol. The number of rotatable bonds is 2. The molecule has 2 N–H and O–H groups in total. The number of methoxy groups -OCH3 is 1. The van der Waals surface area contributed by atoms with Gasteiger partial charge in [-0.25, -0.2) is 0 Å². The normalized spacial score (nSPS) is 29.9. The lowest BCUT2D eigenvalue weighted by Crippen LogP contribution is -2.44. The van der Waals surface area contributed by atoms with E-state index < -0.39 is 19.1 Å². The van der Waals surface area contributed by atoms with Crippen LogP contribution in [0.1, 0.15) is 31.4 Å². The zero-order chi connectivity index (χ0) is 20.3. The number of hydrogen-bond acceptors (Lipinski definition) is 6. The first-order chi connectivity index (χ1) is 13.2. The number of benzene rings is 1. The summed E-state index contributed by atoms with van der Waals surface area (Å²) >= 11 is 2.01. The smallest absolute Gasteiger partial charge is 0.487 e. The van der Waals surface area contributed by atoms with Crippen LogP contribution in [-0.4, -0.2) is 48.1 Å². The Morgan fingerprint density at radius 1 is 1.29 bits per heavy atom. The van der Waals surface area contributed by atoms with Crippen LogP contribution in [0.3, 0.4) is 0 Å². The number of phenols is 1. The van der Waals surface area contributed by atoms with E-state index in [-0.39, 0.29) is 29.4 Å². The van der Waals surface area contributed by atoms with E-state index in [2.05, 4.69) is 0 Å². The van der Waals surface area contributed by atoms with E-state index >= 15 is 0 Å². The van der Waals surface area contributed by atoms with Gasteiger partial charge in [0.1, 0.15) is 0 Å². The van der Waals surface area contributed by atoms with Crippen LogP contribution in [0.15, 0.2) is 23.2 Å². The summed E-state index contributed by atoms with van der Waals surface area (Å²) in [6.45, 7) is 1.90. The summed E-state index contributed by atoms with van der Waals surface area (Å²) in [6.07, 6.45) is 0.468. The van der Waals surface area contributed by atoms with Crippen molar-refractivity contribution in [3.63, 3.8) is 0 Å². The first-order valence-electron chi connectivity index (χ1n) is 9.15. The van der Waals surface area contributed by atoms with Crippen molar-refractivity contribution < 1.29 is 29.1 Å². The van der Waals surface area contributed by atoms with Crippen LogP contribution in [0.4, 0.5) is 0 Å². The fraction of sp³-hybridized carbons (Fsp3) is 0.474. The molecule has 1 aromatic carbocycles. The van der Waals surface area contributed by atoms with Gasteiger partial charge in [-0.15, -0.1) is 0 Å². The number of imide groups is 1. The number of carbonyl (C=O) groups excluding carboxylic acids is 2. The molecule has 2 heterocycles. The topological polar surface area (TPSA) is 96.3 Å². The number of ether oxygens (including phenoxy) is 1. The van der Waals surface area contributed by atoms with Gasteiger partial charge in [-0.05, 0) is 71.4 Å². The minimum absolute atomic E-state index is 0.0514. The van der Waals surface area contributed by atoms with Gasteiger partial charge in [-0.1, -0.05) is 5.57 Å². The van der Waals surface area contributed by atoms with Gasteiger partial charge in [0.15, 0.2) is 11.5 Å². The lowest BCUT2D eigenvalue weighted by atomic mass is 9.55. The van der Waals surface area contributed by atoms with E-state index in [9.17, 15) is 19.7 Å². The van der Waals surface area contributed by atoms with Crippen molar-refractivity contribution in [3.8, 4) is 11.5 Å². The molecule has 148 valence electrons. The van der Waals surface area contributed by atoms with Crippen molar-refractivity contribution >= 4 is 41.5 Å². The van der Waals surface area contributed by atoms with Crippen LogP contribution in [-0.2, 0) is 14.2 Å². The summed E-state index contributed by atoms with van der Waals surface area (Å²) in [5.74, 6) is -1.04. The first-order valence-corrected chi connectivity index (χ1v) is 10.2. The van der Waals surface area contributed by atoms with E-state index in [0.29, 0.717) is 22.2 Å². The SMILES string of the molecule is COc1cc([C@@H]2C[C@@H]3C(=C(C)C[C@@H]4C(=O)N(C)C(=O)[C@@H]43)B(O)O2)cc(I)c1O. The van der Waals surface area contributed by atoms with E-state index in [4.69, 9.17) is 9.39 Å². The highest BCUT2D eigenvalue weighted by Gasteiger charge is 2.56. The largest absolute Gasteiger partial charge is 0.504 e. The highest BCUT2D eigenvalue weighted by Crippen LogP contribution is 2.51. The number of halogens is 1. The minimum atomic E-state index is -1.13. The Kier molecular flexibility index (Phi) is 4.95. The van der Waals surface area contributed by atoms with Gasteiger partial charge in [0.2, 0.25) is 11.8 Å². The number of allylic oxidation sites excluding steroid dienone is 2. The van der Waals surface area contributed by atoms with Gasteiger partial charge >= 0.3 is 7.12 Å². The Morgan fingerprint density at radius 2 is 2.00 bits per heavy atom. The number of fused-ring (bicyclic) bond motifs is 3. The second-order valence-electron chi connectivity index (χ2n) is 7.68. The summed E-state index contributed by atoms with van der Waals surface area (Å²) in [7, 11) is 1.87. The summed E-state index contributed by atoms with van der Waals surface area (Å²) < 4.78 is 11.7. The van der Waals surface area contributed by atoms with Crippen molar-refractivity contribution in [3.05, 3.63) is 32.3 Å². The third-order valence-electron chi connectivity index (χ3n) is 6.22. The zero-order valence-electron chi connectivity index (χ0n) is 15.8. The molecular formula is C19H21BINO6. The van der Waals surface area contributed by atoms with E-state index in [1.807, 2.05) is 29.5 Å². The Bertz CT molecular complexity index is 903. The number of phenolic OH excluding ortho intramolecular Hbond substituents is 1. The van der Waals surface area contributed by atoms with Crippen LogP contribution in [0.5, 0.6) is 11.5 Å². The van der Waals surface area contributed by atoms with Crippen molar-refractivity contribution in [1.29, 1.82) is 0 Å². The first kappa shape index (κ1) is 19.7. The van der Waals surface area contributed by atoms with Crippen LogP contribution >= 0.6 is 22.6 Å². The molecule has 1 aliphatic carbocycles. The number of hydrogen-bond donors (Lipinski definition) is 2. The average Bonchev–Trinajstić information content (AvgIpc) is 2.87. The molecule has 0 unspecified atom stereocenters. The number of likely N-dealkylation sites (tertiary alicyclic amines) is 1. The van der Waals surface area contributed by atoms with Crippen LogP contribution in [0.2, 0.25) is 0 Å². The highest BCUT2D eigenvalue weighted by atomic mass is 127. The molecule has 0 aromatic heterocycles. The molecule has 2 aliphatic heterocycles. The molecule has 9 heteroatoms. The molecule has 0 radical (unpaired) electrons. The lowest BCUT2D eigenvalue weighted by Gasteiger charge is -2.41. The van der Waals surface area contributed by atoms with Crippen LogP contribution < -0.4 is 4.74 Å². The van der Waals surface area contributed by atoms with Gasteiger partial charge in [0, 0.05) is 7.05 Å². The second kappa shape index (κ2) is 7.03. The maximum absolute atomic E-state index is 12.8. The molecule has 0 saturated carbocycles. The molecule has 1 aromatic rings. The van der Waals surface area contributed by atoms with Crippen molar-refractivity contribution in [1.82, 2.24) is 4.90 Å². The lowest BCUT2D eigenvalue weighted by molar-refractivity contribution is -0.138. The predicted octanol–water partition coefficient (Wildman–Crippen LogP) is 2.05. The number of carbonyl (C=O) groups is 2. The summed E-state index contributed by atoms with van der Waals surface area (Å²) in [5.41, 5.74) is 2.41. The zero-order valence-corrected chi connectivity index (χ0v) is 18.0. The standard InChI is InChI=1S/C19H21BINO6/c1-8-4-11-15(19(25)22(2)18(11)24)10-7-13(28-20(26)16(8)10)9-5-12(21)17(23)14(6-9)27-3/h5-6,10-11,13,15,23,26H,4,7H2,1-3H3/t10-,11-,13-,15+/m0/s1. The quantitative estimate of drug-likeness (QED) is 0.369. The molecule has 2 fully saturated rings. The second-order valence-corrected chi connectivity index (χ2v) is 8.84. The Balaban J connectivity index is 1.73. The van der Waals surface area contributed by atoms with E-state index in [1.165, 1.54) is 19.1 Å². The molecule has 28 heavy (non-hydrogen) atoms. The van der Waals surface area contributed by atoms with Gasteiger partial charge < -0.3 is 19.5 Å². The molecule has 4 atom stereocenters. The van der Waals surface area contributed by atoms with Gasteiger partial charge in [-0.2, -0.15) is 0 Å². The Morgan fingerprint density at radius 3 is 2.68 bits per heavy atom. The van der Waals surface area contributed by atoms with Gasteiger partial charge in [0.25, 0.3) is 0 Å². The predicted molar refractivity (Wildman–Crippen MR) is 109 cm³/mol. The van der Waals surface area contributed by atoms with Gasteiger partial charge in [-0.3, -0.25) is 14.5 Å². The number of nitrogens with zero attached hydrogens (tertiary/aromatic N) is 1.